The molecule has 1 aromatic rings. The van der Waals surface area contributed by atoms with Crippen LogP contribution in [-0.4, -0.2) is 59.9 Å². The number of carbonyl (C=O) groups excluding carboxylic acids is 2. The van der Waals surface area contributed by atoms with E-state index >= 15 is 0 Å². The molecule has 152 valence electrons. The van der Waals surface area contributed by atoms with Crippen LogP contribution in [-0.2, 0) is 19.1 Å². The Morgan fingerprint density at radius 2 is 1.93 bits per heavy atom. The zero-order chi connectivity index (χ0) is 20.3. The SMILES string of the molecule is C/C=C(\C)C(=O)OC1CC2CC(OC(=O)[C@H](CO)c3ccccc3)CC1N2C. The highest BCUT2D eigenvalue weighted by molar-refractivity contribution is 5.87. The van der Waals surface area contributed by atoms with Crippen LogP contribution in [0.25, 0.3) is 0 Å². The molecule has 28 heavy (non-hydrogen) atoms. The Labute approximate surface area is 166 Å². The first-order chi connectivity index (χ1) is 13.4. The van der Waals surface area contributed by atoms with Gasteiger partial charge >= 0.3 is 11.9 Å². The second-order valence-corrected chi connectivity index (χ2v) is 7.71. The van der Waals surface area contributed by atoms with E-state index in [4.69, 9.17) is 9.47 Å². The summed E-state index contributed by atoms with van der Waals surface area (Å²) in [5.41, 5.74) is 1.35. The molecule has 4 unspecified atom stereocenters. The summed E-state index contributed by atoms with van der Waals surface area (Å²) in [4.78, 5) is 27.0. The van der Waals surface area contributed by atoms with Crippen LogP contribution in [0.1, 0.15) is 44.6 Å². The van der Waals surface area contributed by atoms with E-state index in [0.29, 0.717) is 18.4 Å². The smallest absolute Gasteiger partial charge is 0.333 e. The fourth-order valence-electron chi connectivity index (χ4n) is 4.19. The third-order valence-corrected chi connectivity index (χ3v) is 6.04. The van der Waals surface area contributed by atoms with Crippen molar-refractivity contribution in [1.82, 2.24) is 4.90 Å². The highest BCUT2D eigenvalue weighted by Crippen LogP contribution is 2.38. The van der Waals surface area contributed by atoms with Crippen LogP contribution in [0.3, 0.4) is 0 Å². The molecule has 5 atom stereocenters. The van der Waals surface area contributed by atoms with Crippen LogP contribution in [0.4, 0.5) is 0 Å². The van der Waals surface area contributed by atoms with Crippen LogP contribution in [0, 0.1) is 0 Å². The number of benzene rings is 1. The van der Waals surface area contributed by atoms with Crippen molar-refractivity contribution in [3.05, 3.63) is 47.5 Å². The number of nitrogens with zero attached hydrogens (tertiary/aromatic N) is 1. The lowest BCUT2D eigenvalue weighted by molar-refractivity contribution is -0.157. The molecular weight excluding hydrogens is 358 g/mol. The van der Waals surface area contributed by atoms with Gasteiger partial charge in [0.2, 0.25) is 0 Å². The number of esters is 2. The third kappa shape index (κ3) is 4.28. The number of rotatable bonds is 6. The van der Waals surface area contributed by atoms with Crippen molar-refractivity contribution < 1.29 is 24.2 Å². The monoisotopic (exact) mass is 387 g/mol. The minimum absolute atomic E-state index is 0.0365. The molecule has 0 saturated carbocycles. The van der Waals surface area contributed by atoms with Gasteiger partial charge in [0, 0.05) is 30.9 Å². The Hall–Kier alpha value is -2.18. The summed E-state index contributed by atoms with van der Waals surface area (Å²) in [5, 5.41) is 9.68. The Morgan fingerprint density at radius 3 is 2.57 bits per heavy atom. The zero-order valence-corrected chi connectivity index (χ0v) is 16.7. The number of likely N-dealkylation sites (N-methyl/N-ethyl adjacent to an activating group) is 1. The summed E-state index contributed by atoms with van der Waals surface area (Å²) in [6.07, 6.45) is 3.41. The van der Waals surface area contributed by atoms with Gasteiger partial charge in [-0.3, -0.25) is 9.69 Å². The van der Waals surface area contributed by atoms with Gasteiger partial charge in [0.05, 0.1) is 12.6 Å². The molecule has 2 aliphatic heterocycles. The summed E-state index contributed by atoms with van der Waals surface area (Å²) in [7, 11) is 2.03. The van der Waals surface area contributed by atoms with Crippen LogP contribution in [0.2, 0.25) is 0 Å². The molecule has 3 rings (SSSR count). The van der Waals surface area contributed by atoms with Crippen LogP contribution < -0.4 is 0 Å². The number of allylic oxidation sites excluding steroid dienone is 1. The summed E-state index contributed by atoms with van der Waals surface area (Å²) >= 11 is 0. The van der Waals surface area contributed by atoms with Crippen molar-refractivity contribution in [2.24, 2.45) is 0 Å². The van der Waals surface area contributed by atoms with Gasteiger partial charge in [0.25, 0.3) is 0 Å². The predicted molar refractivity (Wildman–Crippen MR) is 105 cm³/mol. The first-order valence-corrected chi connectivity index (χ1v) is 9.86. The highest BCUT2D eigenvalue weighted by Gasteiger charge is 2.48. The van der Waals surface area contributed by atoms with E-state index < -0.39 is 11.9 Å². The molecule has 2 heterocycles. The van der Waals surface area contributed by atoms with E-state index in [9.17, 15) is 14.7 Å². The second kappa shape index (κ2) is 8.88. The van der Waals surface area contributed by atoms with Gasteiger partial charge in [-0.15, -0.1) is 0 Å². The van der Waals surface area contributed by atoms with E-state index in [1.165, 1.54) is 0 Å². The van der Waals surface area contributed by atoms with Crippen molar-refractivity contribution in [1.29, 1.82) is 0 Å². The van der Waals surface area contributed by atoms with E-state index in [1.807, 2.05) is 44.3 Å². The molecule has 0 spiro atoms. The van der Waals surface area contributed by atoms with Crippen molar-refractivity contribution in [2.45, 2.75) is 63.3 Å². The van der Waals surface area contributed by atoms with Gasteiger partial charge in [-0.1, -0.05) is 36.4 Å². The molecule has 1 aromatic carbocycles. The maximum Gasteiger partial charge on any atom is 0.333 e. The van der Waals surface area contributed by atoms with Gasteiger partial charge in [-0.2, -0.15) is 0 Å². The number of aliphatic hydroxyl groups excluding tert-OH is 1. The fraction of sp³-hybridized carbons (Fsp3) is 0.545. The second-order valence-electron chi connectivity index (χ2n) is 7.71. The van der Waals surface area contributed by atoms with Crippen LogP contribution >= 0.6 is 0 Å². The topological polar surface area (TPSA) is 76.1 Å². The number of carbonyl (C=O) groups is 2. The van der Waals surface area contributed by atoms with Crippen LogP contribution in [0.5, 0.6) is 0 Å². The Kier molecular flexibility index (Phi) is 6.52. The average molecular weight is 387 g/mol. The van der Waals surface area contributed by atoms with Crippen molar-refractivity contribution in [3.8, 4) is 0 Å². The minimum atomic E-state index is -0.676. The zero-order valence-electron chi connectivity index (χ0n) is 16.7. The maximum absolute atomic E-state index is 12.7. The van der Waals surface area contributed by atoms with Gasteiger partial charge in [-0.25, -0.2) is 4.79 Å². The van der Waals surface area contributed by atoms with E-state index in [-0.39, 0.29) is 36.9 Å². The Balaban J connectivity index is 1.63. The molecule has 0 amide bonds. The van der Waals surface area contributed by atoms with Crippen molar-refractivity contribution in [2.75, 3.05) is 13.7 Å². The summed E-state index contributed by atoms with van der Waals surface area (Å²) < 4.78 is 11.5. The molecule has 0 radical (unpaired) electrons. The fourth-order valence-corrected chi connectivity index (χ4v) is 4.19. The molecular formula is C22H29NO5. The molecule has 6 heteroatoms. The van der Waals surface area contributed by atoms with Gasteiger partial charge in [-0.05, 0) is 26.5 Å². The third-order valence-electron chi connectivity index (χ3n) is 6.04. The molecule has 2 fully saturated rings. The lowest BCUT2D eigenvalue weighted by atomic mass is 9.98. The lowest BCUT2D eigenvalue weighted by Crippen LogP contribution is -2.46. The molecule has 6 nitrogen and oxygen atoms in total. The molecule has 2 aliphatic rings. The maximum atomic E-state index is 12.7. The highest BCUT2D eigenvalue weighted by atomic mass is 16.6. The summed E-state index contributed by atoms with van der Waals surface area (Å²) in [6.45, 7) is 3.27. The molecule has 0 aromatic heterocycles. The first-order valence-electron chi connectivity index (χ1n) is 9.86. The summed E-state index contributed by atoms with van der Waals surface area (Å²) in [5.74, 6) is -1.36. The Morgan fingerprint density at radius 1 is 1.21 bits per heavy atom. The van der Waals surface area contributed by atoms with Crippen molar-refractivity contribution in [3.63, 3.8) is 0 Å². The molecule has 2 bridgehead atoms. The standard InChI is InChI=1S/C22H29NO5/c1-4-14(2)21(25)28-20-11-16-10-17(12-19(20)23(16)3)27-22(26)18(13-24)15-8-6-5-7-9-15/h4-9,16-20,24H,10-13H2,1-3H3/b14-4+/t16?,17?,18-,19?,20?/m1/s1. The number of hydrogen-bond acceptors (Lipinski definition) is 6. The minimum Gasteiger partial charge on any atom is -0.462 e. The normalized spacial score (nSPS) is 28.6. The molecule has 2 saturated heterocycles. The summed E-state index contributed by atoms with van der Waals surface area (Å²) in [6, 6.07) is 9.44. The van der Waals surface area contributed by atoms with Crippen LogP contribution in [0.15, 0.2) is 42.0 Å². The van der Waals surface area contributed by atoms with Gasteiger partial charge < -0.3 is 14.6 Å². The number of fused-ring (bicyclic) bond motifs is 2. The van der Waals surface area contributed by atoms with Gasteiger partial charge in [0.1, 0.15) is 18.1 Å². The largest absolute Gasteiger partial charge is 0.462 e. The number of ether oxygens (including phenoxy) is 2. The number of piperidine rings is 1. The number of hydrogen-bond donors (Lipinski definition) is 1. The van der Waals surface area contributed by atoms with E-state index in [2.05, 4.69) is 4.90 Å². The Bertz CT molecular complexity index is 732. The van der Waals surface area contributed by atoms with E-state index in [0.717, 1.165) is 12.0 Å². The predicted octanol–water partition coefficient (Wildman–Crippen LogP) is 2.42. The molecule has 1 N–H and O–H groups in total. The van der Waals surface area contributed by atoms with Crippen molar-refractivity contribution >= 4 is 11.9 Å². The molecule has 0 aliphatic carbocycles. The lowest BCUT2D eigenvalue weighted by Gasteiger charge is -2.36. The number of aliphatic hydroxyl groups is 1. The first kappa shape index (κ1) is 20.6. The van der Waals surface area contributed by atoms with E-state index in [1.54, 1.807) is 13.0 Å². The average Bonchev–Trinajstić information content (AvgIpc) is 2.86. The van der Waals surface area contributed by atoms with Gasteiger partial charge in [0.15, 0.2) is 0 Å². The quantitative estimate of drug-likeness (QED) is 0.597.